The molecule has 2 fully saturated rings. The Kier molecular flexibility index (Phi) is 4.54. The lowest BCUT2D eigenvalue weighted by atomic mass is 10.0. The van der Waals surface area contributed by atoms with Gasteiger partial charge < -0.3 is 9.64 Å². The number of rotatable bonds is 4. The van der Waals surface area contributed by atoms with Gasteiger partial charge in [-0.2, -0.15) is 15.6 Å². The average molecular weight is 344 g/mol. The molecule has 0 bridgehead atoms. The van der Waals surface area contributed by atoms with E-state index in [2.05, 4.69) is 0 Å². The van der Waals surface area contributed by atoms with Gasteiger partial charge in [0.2, 0.25) is 10.0 Å². The molecule has 1 aromatic heterocycles. The number of hydrogen-bond donors (Lipinski definition) is 0. The van der Waals surface area contributed by atoms with Crippen LogP contribution in [0.2, 0.25) is 0 Å². The summed E-state index contributed by atoms with van der Waals surface area (Å²) in [5.41, 5.74) is 0.681. The van der Waals surface area contributed by atoms with E-state index in [1.807, 2.05) is 10.8 Å². The molecular weight excluding hydrogens is 324 g/mol. The monoisotopic (exact) mass is 344 g/mol. The van der Waals surface area contributed by atoms with Crippen molar-refractivity contribution >= 4 is 27.3 Å². The molecule has 6 nitrogen and oxygen atoms in total. The normalized spacial score (nSPS) is 21.1. The molecule has 0 atom stereocenters. The number of carbonyl (C=O) groups is 1. The van der Waals surface area contributed by atoms with E-state index in [9.17, 15) is 13.2 Å². The van der Waals surface area contributed by atoms with Crippen molar-refractivity contribution in [3.63, 3.8) is 0 Å². The lowest BCUT2D eigenvalue weighted by Crippen LogP contribution is -2.64. The van der Waals surface area contributed by atoms with Gasteiger partial charge in [-0.25, -0.2) is 8.42 Å². The van der Waals surface area contributed by atoms with Crippen LogP contribution in [0.5, 0.6) is 0 Å². The summed E-state index contributed by atoms with van der Waals surface area (Å²) in [6.45, 7) is 2.14. The van der Waals surface area contributed by atoms with E-state index in [0.717, 1.165) is 12.8 Å². The van der Waals surface area contributed by atoms with Gasteiger partial charge in [0.1, 0.15) is 0 Å². The highest BCUT2D eigenvalue weighted by molar-refractivity contribution is 7.88. The molecule has 0 aromatic carbocycles. The standard InChI is InChI=1S/C14H20N2O4S2/c1-22(18,19)16(12-2-5-20-6-3-12)13-8-15(9-13)14(17)11-4-7-21-10-11/h4,7,10,12-13H,2-3,5-6,8-9H2,1H3. The first-order valence-electron chi connectivity index (χ1n) is 7.34. The molecule has 2 aliphatic rings. The minimum atomic E-state index is -3.29. The molecule has 1 amide bonds. The van der Waals surface area contributed by atoms with Crippen molar-refractivity contribution in [2.45, 2.75) is 24.9 Å². The predicted octanol–water partition coefficient (Wildman–Crippen LogP) is 1.01. The average Bonchev–Trinajstić information content (AvgIpc) is 2.95. The highest BCUT2D eigenvalue weighted by Gasteiger charge is 2.42. The molecule has 0 unspecified atom stereocenters. The van der Waals surface area contributed by atoms with Crippen LogP contribution in [0.1, 0.15) is 23.2 Å². The van der Waals surface area contributed by atoms with Gasteiger partial charge in [-0.3, -0.25) is 4.79 Å². The number of likely N-dealkylation sites (tertiary alicyclic amines) is 1. The van der Waals surface area contributed by atoms with E-state index in [-0.39, 0.29) is 18.0 Å². The lowest BCUT2D eigenvalue weighted by molar-refractivity contribution is 0.0126. The van der Waals surface area contributed by atoms with Crippen molar-refractivity contribution in [2.24, 2.45) is 0 Å². The van der Waals surface area contributed by atoms with Gasteiger partial charge in [0.15, 0.2) is 0 Å². The first kappa shape index (κ1) is 15.9. The first-order chi connectivity index (χ1) is 10.5. The first-order valence-corrected chi connectivity index (χ1v) is 10.1. The Hall–Kier alpha value is -0.960. The number of hydrogen-bond acceptors (Lipinski definition) is 5. The van der Waals surface area contributed by atoms with Crippen LogP contribution in [0, 0.1) is 0 Å². The third-order valence-electron chi connectivity index (χ3n) is 4.21. The molecular formula is C14H20N2O4S2. The fraction of sp³-hybridized carbons (Fsp3) is 0.643. The van der Waals surface area contributed by atoms with Gasteiger partial charge in [0, 0.05) is 37.7 Å². The largest absolute Gasteiger partial charge is 0.381 e. The smallest absolute Gasteiger partial charge is 0.254 e. The zero-order valence-electron chi connectivity index (χ0n) is 12.5. The highest BCUT2D eigenvalue weighted by atomic mass is 32.2. The third-order valence-corrected chi connectivity index (χ3v) is 6.26. The summed E-state index contributed by atoms with van der Waals surface area (Å²) in [5, 5.41) is 3.69. The second-order valence-electron chi connectivity index (χ2n) is 5.81. The van der Waals surface area contributed by atoms with Gasteiger partial charge in [0.25, 0.3) is 5.91 Å². The SMILES string of the molecule is CS(=O)(=O)N(C1CCOCC1)C1CN(C(=O)c2ccsc2)C1. The van der Waals surface area contributed by atoms with Crippen LogP contribution in [0.15, 0.2) is 16.8 Å². The van der Waals surface area contributed by atoms with Crippen LogP contribution < -0.4 is 0 Å². The minimum Gasteiger partial charge on any atom is -0.381 e. The lowest BCUT2D eigenvalue weighted by Gasteiger charge is -2.47. The predicted molar refractivity (Wildman–Crippen MR) is 84.5 cm³/mol. The number of sulfonamides is 1. The van der Waals surface area contributed by atoms with Crippen molar-refractivity contribution in [2.75, 3.05) is 32.6 Å². The second-order valence-corrected chi connectivity index (χ2v) is 8.48. The molecule has 1 aromatic rings. The maximum Gasteiger partial charge on any atom is 0.254 e. The topological polar surface area (TPSA) is 66.9 Å². The van der Waals surface area contributed by atoms with Crippen LogP contribution in [-0.2, 0) is 14.8 Å². The maximum atomic E-state index is 12.2. The summed E-state index contributed by atoms with van der Waals surface area (Å²) >= 11 is 1.49. The van der Waals surface area contributed by atoms with Gasteiger partial charge >= 0.3 is 0 Å². The fourth-order valence-electron chi connectivity index (χ4n) is 3.13. The Balaban J connectivity index is 1.66. The molecule has 0 aliphatic carbocycles. The van der Waals surface area contributed by atoms with Crippen LogP contribution in [0.25, 0.3) is 0 Å². The van der Waals surface area contributed by atoms with E-state index < -0.39 is 10.0 Å². The Morgan fingerprint density at radius 1 is 1.32 bits per heavy atom. The van der Waals surface area contributed by atoms with Crippen molar-refractivity contribution in [1.29, 1.82) is 0 Å². The molecule has 122 valence electrons. The molecule has 2 saturated heterocycles. The van der Waals surface area contributed by atoms with Crippen LogP contribution in [0.4, 0.5) is 0 Å². The zero-order chi connectivity index (χ0) is 15.7. The Labute approximate surface area is 134 Å². The Morgan fingerprint density at radius 3 is 2.55 bits per heavy atom. The third kappa shape index (κ3) is 3.19. The summed E-state index contributed by atoms with van der Waals surface area (Å²) in [7, 11) is -3.29. The number of carbonyl (C=O) groups excluding carboxylic acids is 1. The van der Waals surface area contributed by atoms with E-state index >= 15 is 0 Å². The summed E-state index contributed by atoms with van der Waals surface area (Å²) in [4.78, 5) is 13.9. The zero-order valence-corrected chi connectivity index (χ0v) is 14.1. The summed E-state index contributed by atoms with van der Waals surface area (Å²) in [5.74, 6) is -0.0158. The van der Waals surface area contributed by atoms with Crippen molar-refractivity contribution in [3.05, 3.63) is 22.4 Å². The van der Waals surface area contributed by atoms with E-state index in [4.69, 9.17) is 4.74 Å². The van der Waals surface area contributed by atoms with E-state index in [1.54, 1.807) is 15.3 Å². The summed E-state index contributed by atoms with van der Waals surface area (Å²) in [6.07, 6.45) is 2.70. The molecule has 0 saturated carbocycles. The Morgan fingerprint density at radius 2 is 2.00 bits per heavy atom. The molecule has 3 rings (SSSR count). The van der Waals surface area contributed by atoms with Gasteiger partial charge in [-0.1, -0.05) is 0 Å². The number of nitrogens with zero attached hydrogens (tertiary/aromatic N) is 2. The fourth-order valence-corrected chi connectivity index (χ4v) is 5.19. The van der Waals surface area contributed by atoms with Gasteiger partial charge in [0.05, 0.1) is 17.9 Å². The molecule has 0 spiro atoms. The van der Waals surface area contributed by atoms with Crippen LogP contribution >= 0.6 is 11.3 Å². The molecule has 3 heterocycles. The van der Waals surface area contributed by atoms with Gasteiger partial charge in [-0.15, -0.1) is 0 Å². The van der Waals surface area contributed by atoms with Gasteiger partial charge in [-0.05, 0) is 24.3 Å². The van der Waals surface area contributed by atoms with Crippen LogP contribution in [-0.4, -0.2) is 68.2 Å². The number of thiophene rings is 1. The quantitative estimate of drug-likeness (QED) is 0.818. The second kappa shape index (κ2) is 6.27. The summed E-state index contributed by atoms with van der Waals surface area (Å²) < 4.78 is 31.2. The number of amides is 1. The molecule has 8 heteroatoms. The number of ether oxygens (including phenoxy) is 1. The molecule has 22 heavy (non-hydrogen) atoms. The molecule has 0 N–H and O–H groups in total. The van der Waals surface area contributed by atoms with Crippen molar-refractivity contribution in [3.8, 4) is 0 Å². The molecule has 2 aliphatic heterocycles. The Bertz CT molecular complexity index is 617. The minimum absolute atomic E-state index is 0.00727. The maximum absolute atomic E-state index is 12.2. The van der Waals surface area contributed by atoms with E-state index in [0.29, 0.717) is 31.9 Å². The van der Waals surface area contributed by atoms with Crippen LogP contribution in [0.3, 0.4) is 0 Å². The van der Waals surface area contributed by atoms with Crippen molar-refractivity contribution in [1.82, 2.24) is 9.21 Å². The molecule has 0 radical (unpaired) electrons. The van der Waals surface area contributed by atoms with E-state index in [1.165, 1.54) is 17.6 Å². The highest BCUT2D eigenvalue weighted by Crippen LogP contribution is 2.27. The summed E-state index contributed by atoms with van der Waals surface area (Å²) in [6, 6.07) is 1.68. The van der Waals surface area contributed by atoms with Crippen molar-refractivity contribution < 1.29 is 17.9 Å².